The van der Waals surface area contributed by atoms with Gasteiger partial charge >= 0.3 is 0 Å². The number of nitrogens with one attached hydrogen (secondary N) is 3. The predicted octanol–water partition coefficient (Wildman–Crippen LogP) is 6.81. The second-order valence-electron chi connectivity index (χ2n) is 15.0. The van der Waals surface area contributed by atoms with Gasteiger partial charge in [0.15, 0.2) is 5.17 Å². The number of aromatic nitrogens is 4. The van der Waals surface area contributed by atoms with Crippen LogP contribution in [0.5, 0.6) is 0 Å². The molecule has 2 fully saturated rings. The molecule has 3 aliphatic rings. The maximum Gasteiger partial charge on any atom is 0.248 e. The minimum atomic E-state index is -0.564. The first-order valence-electron chi connectivity index (χ1n) is 19.3. The van der Waals surface area contributed by atoms with Crippen LogP contribution in [-0.2, 0) is 19.4 Å². The summed E-state index contributed by atoms with van der Waals surface area (Å²) in [6.07, 6.45) is 8.47. The Kier molecular flexibility index (Phi) is 12.0. The van der Waals surface area contributed by atoms with Crippen LogP contribution in [0.4, 0.5) is 0 Å². The molecular formula is C41H51N9O4S. The summed E-state index contributed by atoms with van der Waals surface area (Å²) in [5.41, 5.74) is 6.08. The Balaban J connectivity index is 0.993. The molecule has 0 spiro atoms. The summed E-state index contributed by atoms with van der Waals surface area (Å²) in [7, 11) is 1.40. The zero-order valence-corrected chi connectivity index (χ0v) is 33.0. The highest BCUT2D eigenvalue weighted by Gasteiger charge is 2.38. The van der Waals surface area contributed by atoms with E-state index in [0.717, 1.165) is 95.0 Å². The van der Waals surface area contributed by atoms with E-state index in [1.54, 1.807) is 11.8 Å². The molecule has 14 heteroatoms. The van der Waals surface area contributed by atoms with Crippen LogP contribution in [-0.4, -0.2) is 97.7 Å². The second kappa shape index (κ2) is 17.2. The van der Waals surface area contributed by atoms with Crippen molar-refractivity contribution >= 4 is 35.1 Å². The summed E-state index contributed by atoms with van der Waals surface area (Å²) in [5.74, 6) is 2.76. The summed E-state index contributed by atoms with van der Waals surface area (Å²) >= 11 is 1.68. The highest BCUT2D eigenvalue weighted by Crippen LogP contribution is 2.35. The molecule has 3 N–H and O–H groups in total. The third kappa shape index (κ3) is 8.50. The standard InChI is InChI=1S/C41H51N9O4S/c1-25(2)35(45-24-54-53-5)39(51)49-19-6-8-33(49)37-43-22-31(46-37)29-14-10-27(11-15-29)28-12-16-30(17-13-28)32-23-44-38(47-32)34-9-7-20-50(34)40(52)36(26(3)4)48-41-42-18-21-55-41/h10-17,22-26,33-36H,6-9,18-21H2,1-5H3,(H,42,48)(H,43,46)(H,44,47)/b45-24-/t33-,34-,35-,36-/m0/s1. The molecular weight excluding hydrogens is 715 g/mol. The number of thioether (sulfide) groups is 1. The van der Waals surface area contributed by atoms with E-state index in [9.17, 15) is 9.59 Å². The fourth-order valence-corrected chi connectivity index (χ4v) is 8.46. The monoisotopic (exact) mass is 765 g/mol. The van der Waals surface area contributed by atoms with Crippen LogP contribution in [0.15, 0.2) is 70.9 Å². The maximum absolute atomic E-state index is 13.8. The van der Waals surface area contributed by atoms with Gasteiger partial charge in [0, 0.05) is 18.8 Å². The van der Waals surface area contributed by atoms with Crippen molar-refractivity contribution in [3.8, 4) is 33.6 Å². The van der Waals surface area contributed by atoms with Crippen molar-refractivity contribution in [3.05, 3.63) is 72.6 Å². The van der Waals surface area contributed by atoms with Crippen molar-refractivity contribution in [1.82, 2.24) is 35.1 Å². The zero-order chi connectivity index (χ0) is 38.5. The Labute approximate surface area is 326 Å². The van der Waals surface area contributed by atoms with E-state index in [1.807, 2.05) is 36.0 Å². The number of imidazole rings is 2. The molecule has 0 radical (unpaired) electrons. The molecule has 2 aromatic carbocycles. The molecule has 0 saturated carbocycles. The van der Waals surface area contributed by atoms with Crippen molar-refractivity contribution in [1.29, 1.82) is 0 Å². The van der Waals surface area contributed by atoms with Crippen molar-refractivity contribution in [2.24, 2.45) is 21.8 Å². The van der Waals surface area contributed by atoms with Crippen LogP contribution >= 0.6 is 11.8 Å². The van der Waals surface area contributed by atoms with Gasteiger partial charge in [-0.05, 0) is 59.8 Å². The Morgan fingerprint density at radius 2 is 1.35 bits per heavy atom. The number of amidine groups is 1. The molecule has 290 valence electrons. The number of likely N-dealkylation sites (tertiary alicyclic amines) is 2. The number of aromatic amines is 2. The average molecular weight is 766 g/mol. The number of carbonyl (C=O) groups is 2. The first kappa shape index (κ1) is 38.3. The summed E-state index contributed by atoms with van der Waals surface area (Å²) < 4.78 is 0. The van der Waals surface area contributed by atoms with Gasteiger partial charge in [-0.25, -0.2) is 15.0 Å². The lowest BCUT2D eigenvalue weighted by Crippen LogP contribution is -2.50. The second-order valence-corrected chi connectivity index (χ2v) is 16.1. The summed E-state index contributed by atoms with van der Waals surface area (Å²) in [4.78, 5) is 66.0. The van der Waals surface area contributed by atoms with Crippen LogP contribution in [0.25, 0.3) is 33.6 Å². The van der Waals surface area contributed by atoms with Crippen molar-refractivity contribution in [2.45, 2.75) is 77.5 Å². The number of carbonyl (C=O) groups excluding carboxylic acids is 2. The molecule has 2 aromatic heterocycles. The van der Waals surface area contributed by atoms with Gasteiger partial charge in [0.25, 0.3) is 0 Å². The topological polar surface area (TPSA) is 153 Å². The first-order valence-corrected chi connectivity index (χ1v) is 20.3. The van der Waals surface area contributed by atoms with Gasteiger partial charge in [0.1, 0.15) is 23.7 Å². The van der Waals surface area contributed by atoms with Crippen molar-refractivity contribution < 1.29 is 19.4 Å². The fourth-order valence-electron chi connectivity index (χ4n) is 7.69. The number of hydrogen-bond acceptors (Lipinski definition) is 10. The van der Waals surface area contributed by atoms with Gasteiger partial charge in [-0.15, -0.1) is 0 Å². The van der Waals surface area contributed by atoms with Gasteiger partial charge in [0.2, 0.25) is 18.2 Å². The Morgan fingerprint density at radius 1 is 0.818 bits per heavy atom. The third-order valence-electron chi connectivity index (χ3n) is 10.7. The number of amides is 2. The van der Waals surface area contributed by atoms with E-state index >= 15 is 0 Å². The zero-order valence-electron chi connectivity index (χ0n) is 32.2. The molecule has 4 aromatic rings. The molecule has 0 aliphatic carbocycles. The van der Waals surface area contributed by atoms with Crippen LogP contribution in [0, 0.1) is 11.8 Å². The van der Waals surface area contributed by atoms with Gasteiger partial charge in [-0.1, -0.05) is 88.0 Å². The number of rotatable bonds is 13. The largest absolute Gasteiger partial charge is 0.353 e. The quantitative estimate of drug-likeness (QED) is 0.0581. The number of aliphatic imine (C=N–C) groups is 2. The maximum atomic E-state index is 13.8. The summed E-state index contributed by atoms with van der Waals surface area (Å²) in [6, 6.07) is 15.8. The number of hydrogen-bond donors (Lipinski definition) is 3. The normalized spacial score (nSPS) is 19.8. The summed E-state index contributed by atoms with van der Waals surface area (Å²) in [5, 5.41) is 4.29. The lowest BCUT2D eigenvalue weighted by atomic mass is 10.0. The van der Waals surface area contributed by atoms with Crippen LogP contribution < -0.4 is 5.32 Å². The molecule has 2 amide bonds. The lowest BCUT2D eigenvalue weighted by Gasteiger charge is -2.30. The van der Waals surface area contributed by atoms with Crippen molar-refractivity contribution in [3.63, 3.8) is 0 Å². The minimum Gasteiger partial charge on any atom is -0.353 e. The Morgan fingerprint density at radius 3 is 1.82 bits per heavy atom. The molecule has 13 nitrogen and oxygen atoms in total. The van der Waals surface area contributed by atoms with E-state index in [1.165, 1.54) is 13.5 Å². The van der Waals surface area contributed by atoms with Gasteiger partial charge < -0.3 is 30.0 Å². The van der Waals surface area contributed by atoms with Crippen molar-refractivity contribution in [2.75, 3.05) is 32.5 Å². The van der Waals surface area contributed by atoms with Crippen LogP contribution in [0.1, 0.15) is 77.1 Å². The number of H-pyrrole nitrogens is 2. The fraction of sp³-hybridized carbons (Fsp3) is 0.463. The first-order chi connectivity index (χ1) is 26.7. The Hall–Kier alpha value is -4.95. The number of nitrogens with zero attached hydrogens (tertiary/aromatic N) is 6. The van der Waals surface area contributed by atoms with E-state index in [-0.39, 0.29) is 41.8 Å². The SMILES string of the molecule is COO/C=N\[C@H](C(=O)N1CCC[C@H]1c1ncc(-c2ccc(-c3ccc(-c4cnc([C@@H]5CCCN5C(=O)[C@@H](NC5=NCCS5)C(C)C)[nH]4)cc3)cc2)[nH]1)C(C)C. The molecule has 7 rings (SSSR count). The molecule has 0 unspecified atom stereocenters. The third-order valence-corrected chi connectivity index (χ3v) is 11.6. The highest BCUT2D eigenvalue weighted by molar-refractivity contribution is 8.14. The van der Waals surface area contributed by atoms with Crippen LogP contribution in [0.3, 0.4) is 0 Å². The molecule has 0 bridgehead atoms. The van der Waals surface area contributed by atoms with Crippen LogP contribution in [0.2, 0.25) is 0 Å². The molecule has 4 atom stereocenters. The molecule has 2 saturated heterocycles. The van der Waals surface area contributed by atoms with E-state index in [2.05, 4.69) is 92.5 Å². The van der Waals surface area contributed by atoms with Gasteiger partial charge in [0.05, 0.1) is 49.5 Å². The van der Waals surface area contributed by atoms with E-state index in [0.29, 0.717) is 6.54 Å². The molecule has 5 heterocycles. The van der Waals surface area contributed by atoms with E-state index < -0.39 is 6.04 Å². The predicted molar refractivity (Wildman–Crippen MR) is 216 cm³/mol. The van der Waals surface area contributed by atoms with E-state index in [4.69, 9.17) is 14.9 Å². The Bertz CT molecular complexity index is 1990. The smallest absolute Gasteiger partial charge is 0.248 e. The average Bonchev–Trinajstić information content (AvgIpc) is 4.04. The van der Waals surface area contributed by atoms with Gasteiger partial charge in [-0.2, -0.15) is 4.89 Å². The lowest BCUT2D eigenvalue weighted by molar-refractivity contribution is -0.188. The summed E-state index contributed by atoms with van der Waals surface area (Å²) in [6.45, 7) is 10.3. The molecule has 3 aliphatic heterocycles. The van der Waals surface area contributed by atoms with Gasteiger partial charge in [-0.3, -0.25) is 14.6 Å². The highest BCUT2D eigenvalue weighted by atomic mass is 32.2. The molecule has 55 heavy (non-hydrogen) atoms. The number of benzene rings is 2. The minimum absolute atomic E-state index is 0.000284.